The second kappa shape index (κ2) is 5.31. The van der Waals surface area contributed by atoms with E-state index in [2.05, 4.69) is 4.98 Å². The first kappa shape index (κ1) is 12.8. The molecule has 0 N–H and O–H groups in total. The van der Waals surface area contributed by atoms with Gasteiger partial charge in [0.2, 0.25) is 0 Å². The highest BCUT2D eigenvalue weighted by atomic mass is 32.1. The molecule has 0 saturated heterocycles. The zero-order valence-corrected chi connectivity index (χ0v) is 11.5. The quantitative estimate of drug-likeness (QED) is 0.793. The number of thiazole rings is 1. The Kier molecular flexibility index (Phi) is 3.77. The van der Waals surface area contributed by atoms with Crippen LogP contribution in [0.4, 0.5) is 0 Å². The summed E-state index contributed by atoms with van der Waals surface area (Å²) in [5, 5.41) is 2.82. The van der Waals surface area contributed by atoms with Crippen molar-refractivity contribution in [3.05, 3.63) is 45.4 Å². The minimum atomic E-state index is 0.0719. The monoisotopic (exact) mass is 261 g/mol. The van der Waals surface area contributed by atoms with E-state index in [-0.39, 0.29) is 5.78 Å². The summed E-state index contributed by atoms with van der Waals surface area (Å²) < 4.78 is 5.22. The standard InChI is InChI=1S/C14H15NO2S/c1-9-4-5-11(6-13(9)17-3)12(16)7-14-15-10(2)8-18-14/h4-6,8H,7H2,1-3H3. The lowest BCUT2D eigenvalue weighted by Crippen LogP contribution is -2.04. The normalized spacial score (nSPS) is 10.4. The molecule has 0 amide bonds. The molecule has 2 aromatic rings. The van der Waals surface area contributed by atoms with Gasteiger partial charge in [-0.05, 0) is 25.5 Å². The molecule has 0 saturated carbocycles. The van der Waals surface area contributed by atoms with Gasteiger partial charge in [0.15, 0.2) is 5.78 Å². The second-order valence-corrected chi connectivity index (χ2v) is 5.11. The first-order chi connectivity index (χ1) is 8.60. The van der Waals surface area contributed by atoms with Crippen molar-refractivity contribution in [3.63, 3.8) is 0 Å². The van der Waals surface area contributed by atoms with Gasteiger partial charge in [-0.1, -0.05) is 12.1 Å². The number of methoxy groups -OCH3 is 1. The van der Waals surface area contributed by atoms with Gasteiger partial charge < -0.3 is 4.74 Å². The molecule has 0 unspecified atom stereocenters. The summed E-state index contributed by atoms with van der Waals surface area (Å²) in [6.45, 7) is 3.89. The van der Waals surface area contributed by atoms with Gasteiger partial charge in [-0.15, -0.1) is 11.3 Å². The van der Waals surface area contributed by atoms with E-state index in [1.54, 1.807) is 13.2 Å². The molecule has 0 fully saturated rings. The average Bonchev–Trinajstić information content (AvgIpc) is 2.75. The lowest BCUT2D eigenvalue weighted by Gasteiger charge is -2.06. The van der Waals surface area contributed by atoms with E-state index < -0.39 is 0 Å². The van der Waals surface area contributed by atoms with Crippen LogP contribution in [0.2, 0.25) is 0 Å². The number of ether oxygens (including phenoxy) is 1. The highest BCUT2D eigenvalue weighted by Crippen LogP contribution is 2.20. The summed E-state index contributed by atoms with van der Waals surface area (Å²) in [4.78, 5) is 16.4. The SMILES string of the molecule is COc1cc(C(=O)Cc2nc(C)cs2)ccc1C. The highest BCUT2D eigenvalue weighted by Gasteiger charge is 2.11. The molecule has 18 heavy (non-hydrogen) atoms. The minimum Gasteiger partial charge on any atom is -0.496 e. The fraction of sp³-hybridized carbons (Fsp3) is 0.286. The van der Waals surface area contributed by atoms with E-state index in [9.17, 15) is 4.79 Å². The number of hydrogen-bond acceptors (Lipinski definition) is 4. The summed E-state index contributed by atoms with van der Waals surface area (Å²) in [6.07, 6.45) is 0.352. The van der Waals surface area contributed by atoms with Crippen molar-refractivity contribution >= 4 is 17.1 Å². The van der Waals surface area contributed by atoms with E-state index in [1.807, 2.05) is 31.4 Å². The molecule has 2 rings (SSSR count). The maximum Gasteiger partial charge on any atom is 0.169 e. The summed E-state index contributed by atoms with van der Waals surface area (Å²) in [7, 11) is 1.61. The van der Waals surface area contributed by atoms with Crippen LogP contribution in [-0.4, -0.2) is 17.9 Å². The van der Waals surface area contributed by atoms with Crippen molar-refractivity contribution in [2.45, 2.75) is 20.3 Å². The lowest BCUT2D eigenvalue weighted by atomic mass is 10.1. The predicted octanol–water partition coefficient (Wildman–Crippen LogP) is 3.19. The molecule has 1 heterocycles. The third-order valence-corrected chi connectivity index (χ3v) is 3.68. The predicted molar refractivity (Wildman–Crippen MR) is 72.6 cm³/mol. The lowest BCUT2D eigenvalue weighted by molar-refractivity contribution is 0.0992. The second-order valence-electron chi connectivity index (χ2n) is 4.17. The summed E-state index contributed by atoms with van der Waals surface area (Å²) in [5.74, 6) is 0.818. The fourth-order valence-electron chi connectivity index (χ4n) is 1.72. The van der Waals surface area contributed by atoms with Crippen LogP contribution in [0, 0.1) is 13.8 Å². The van der Waals surface area contributed by atoms with Crippen LogP contribution < -0.4 is 4.74 Å². The number of nitrogens with zero attached hydrogens (tertiary/aromatic N) is 1. The molecule has 0 radical (unpaired) electrons. The summed E-state index contributed by atoms with van der Waals surface area (Å²) >= 11 is 1.52. The Bertz CT molecular complexity index is 575. The molecule has 94 valence electrons. The van der Waals surface area contributed by atoms with Crippen LogP contribution in [-0.2, 0) is 6.42 Å². The molecular formula is C14H15NO2S. The van der Waals surface area contributed by atoms with E-state index in [0.29, 0.717) is 12.0 Å². The maximum absolute atomic E-state index is 12.1. The molecule has 0 aliphatic rings. The molecule has 0 bridgehead atoms. The van der Waals surface area contributed by atoms with Crippen molar-refractivity contribution in [2.24, 2.45) is 0 Å². The van der Waals surface area contributed by atoms with Gasteiger partial charge in [-0.2, -0.15) is 0 Å². The minimum absolute atomic E-state index is 0.0719. The third-order valence-electron chi connectivity index (χ3n) is 2.71. The molecule has 0 aliphatic heterocycles. The van der Waals surface area contributed by atoms with Crippen LogP contribution in [0.3, 0.4) is 0 Å². The number of carbonyl (C=O) groups excluding carboxylic acids is 1. The maximum atomic E-state index is 12.1. The molecule has 3 nitrogen and oxygen atoms in total. The highest BCUT2D eigenvalue weighted by molar-refractivity contribution is 7.09. The summed E-state index contributed by atoms with van der Waals surface area (Å²) in [6, 6.07) is 5.53. The molecule has 4 heteroatoms. The number of Topliss-reactive ketones (excluding diaryl/α,β-unsaturated/α-hetero) is 1. The average molecular weight is 261 g/mol. The van der Waals surface area contributed by atoms with Gasteiger partial charge in [0.25, 0.3) is 0 Å². The van der Waals surface area contributed by atoms with Crippen LogP contribution in [0.5, 0.6) is 5.75 Å². The Balaban J connectivity index is 2.18. The van der Waals surface area contributed by atoms with Gasteiger partial charge >= 0.3 is 0 Å². The number of benzene rings is 1. The number of rotatable bonds is 4. The molecule has 0 atom stereocenters. The van der Waals surface area contributed by atoms with Gasteiger partial charge in [0.1, 0.15) is 10.8 Å². The molecular weight excluding hydrogens is 246 g/mol. The zero-order chi connectivity index (χ0) is 13.1. The fourth-order valence-corrected chi connectivity index (χ4v) is 2.49. The first-order valence-electron chi connectivity index (χ1n) is 5.69. The van der Waals surface area contributed by atoms with Gasteiger partial charge in [-0.3, -0.25) is 4.79 Å². The Labute approximate surface area is 110 Å². The van der Waals surface area contributed by atoms with Crippen molar-refractivity contribution in [1.82, 2.24) is 4.98 Å². The van der Waals surface area contributed by atoms with E-state index >= 15 is 0 Å². The number of ketones is 1. The van der Waals surface area contributed by atoms with Crippen LogP contribution >= 0.6 is 11.3 Å². The third kappa shape index (κ3) is 2.76. The smallest absolute Gasteiger partial charge is 0.169 e. The van der Waals surface area contributed by atoms with Gasteiger partial charge in [0, 0.05) is 16.6 Å². The Morgan fingerprint density at radius 2 is 2.17 bits per heavy atom. The van der Waals surface area contributed by atoms with E-state index in [1.165, 1.54) is 11.3 Å². The number of hydrogen-bond donors (Lipinski definition) is 0. The largest absolute Gasteiger partial charge is 0.496 e. The van der Waals surface area contributed by atoms with Crippen molar-refractivity contribution in [1.29, 1.82) is 0 Å². The van der Waals surface area contributed by atoms with Crippen molar-refractivity contribution in [3.8, 4) is 5.75 Å². The number of aryl methyl sites for hydroxylation is 2. The molecule has 0 aliphatic carbocycles. The molecule has 0 spiro atoms. The Morgan fingerprint density at radius 3 is 2.78 bits per heavy atom. The van der Waals surface area contributed by atoms with Crippen molar-refractivity contribution in [2.75, 3.05) is 7.11 Å². The zero-order valence-electron chi connectivity index (χ0n) is 10.7. The van der Waals surface area contributed by atoms with Gasteiger partial charge in [0.05, 0.1) is 13.5 Å². The first-order valence-corrected chi connectivity index (χ1v) is 6.57. The van der Waals surface area contributed by atoms with Crippen LogP contribution in [0.15, 0.2) is 23.6 Å². The Morgan fingerprint density at radius 1 is 1.39 bits per heavy atom. The van der Waals surface area contributed by atoms with Crippen LogP contribution in [0.1, 0.15) is 26.6 Å². The van der Waals surface area contributed by atoms with E-state index in [4.69, 9.17) is 4.74 Å². The van der Waals surface area contributed by atoms with Crippen LogP contribution in [0.25, 0.3) is 0 Å². The number of carbonyl (C=O) groups is 1. The number of aromatic nitrogens is 1. The van der Waals surface area contributed by atoms with Crippen molar-refractivity contribution < 1.29 is 9.53 Å². The molecule has 1 aromatic heterocycles. The Hall–Kier alpha value is -1.68. The topological polar surface area (TPSA) is 39.2 Å². The van der Waals surface area contributed by atoms with E-state index in [0.717, 1.165) is 22.0 Å². The molecule has 1 aromatic carbocycles. The summed E-state index contributed by atoms with van der Waals surface area (Å²) in [5.41, 5.74) is 2.66. The van der Waals surface area contributed by atoms with Gasteiger partial charge in [-0.25, -0.2) is 4.98 Å².